The zero-order valence-electron chi connectivity index (χ0n) is 15.2. The van der Waals surface area contributed by atoms with Crippen LogP contribution in [0.2, 0.25) is 0 Å². The number of sulfonamides is 1. The lowest BCUT2D eigenvalue weighted by Gasteiger charge is -2.17. The average molecular weight is 410 g/mol. The topological polar surface area (TPSA) is 75.7 Å². The summed E-state index contributed by atoms with van der Waals surface area (Å²) >= 11 is 0. The summed E-state index contributed by atoms with van der Waals surface area (Å²) in [5.74, 6) is -2.27. The molecule has 1 heterocycles. The number of carbonyl (C=O) groups is 1. The molecular formula is C19H20F2N2O4S. The summed E-state index contributed by atoms with van der Waals surface area (Å²) in [7, 11) is -3.53. The van der Waals surface area contributed by atoms with Gasteiger partial charge in [0.15, 0.2) is 18.2 Å². The SMILES string of the molecule is Cc1cc(S(=O)(=O)N2CCCC2)ccc1OCC(=O)Nc1ccc(F)c(F)c1. The number of rotatable bonds is 6. The summed E-state index contributed by atoms with van der Waals surface area (Å²) in [6.07, 6.45) is 1.71. The molecule has 2 aromatic carbocycles. The van der Waals surface area contributed by atoms with Crippen LogP contribution in [0.25, 0.3) is 0 Å². The van der Waals surface area contributed by atoms with E-state index in [-0.39, 0.29) is 17.2 Å². The Kier molecular flexibility index (Phi) is 5.95. The van der Waals surface area contributed by atoms with Crippen molar-refractivity contribution >= 4 is 21.6 Å². The molecule has 1 N–H and O–H groups in total. The van der Waals surface area contributed by atoms with Crippen LogP contribution < -0.4 is 10.1 Å². The van der Waals surface area contributed by atoms with E-state index in [1.54, 1.807) is 6.92 Å². The van der Waals surface area contributed by atoms with Crippen molar-refractivity contribution in [2.45, 2.75) is 24.7 Å². The number of nitrogens with one attached hydrogen (secondary N) is 1. The minimum absolute atomic E-state index is 0.108. The third-order valence-corrected chi connectivity index (χ3v) is 6.31. The molecule has 0 aromatic heterocycles. The fraction of sp³-hybridized carbons (Fsp3) is 0.316. The van der Waals surface area contributed by atoms with Crippen molar-refractivity contribution in [3.05, 3.63) is 53.6 Å². The number of aryl methyl sites for hydroxylation is 1. The lowest BCUT2D eigenvalue weighted by Crippen LogP contribution is -2.27. The van der Waals surface area contributed by atoms with E-state index in [4.69, 9.17) is 4.74 Å². The van der Waals surface area contributed by atoms with Crippen molar-refractivity contribution in [1.29, 1.82) is 0 Å². The molecule has 1 aliphatic rings. The van der Waals surface area contributed by atoms with Crippen LogP contribution in [-0.2, 0) is 14.8 Å². The second-order valence-corrected chi connectivity index (χ2v) is 8.44. The van der Waals surface area contributed by atoms with Gasteiger partial charge in [-0.3, -0.25) is 4.79 Å². The summed E-state index contributed by atoms with van der Waals surface area (Å²) < 4.78 is 58.1. The van der Waals surface area contributed by atoms with E-state index < -0.39 is 27.6 Å². The molecule has 0 bridgehead atoms. The van der Waals surface area contributed by atoms with Crippen LogP contribution in [-0.4, -0.2) is 38.3 Å². The van der Waals surface area contributed by atoms with Crippen LogP contribution in [0.1, 0.15) is 18.4 Å². The first-order valence-corrected chi connectivity index (χ1v) is 10.2. The van der Waals surface area contributed by atoms with Gasteiger partial charge in [-0.1, -0.05) is 0 Å². The lowest BCUT2D eigenvalue weighted by atomic mass is 10.2. The first-order chi connectivity index (χ1) is 13.3. The standard InChI is InChI=1S/C19H20F2N2O4S/c1-13-10-15(28(25,26)23-8-2-3-9-23)5-7-18(13)27-12-19(24)22-14-4-6-16(20)17(21)11-14/h4-7,10-11H,2-3,8-9,12H2,1H3,(H,22,24). The van der Waals surface area contributed by atoms with E-state index in [9.17, 15) is 22.0 Å². The molecule has 2 aromatic rings. The maximum atomic E-state index is 13.2. The molecule has 0 spiro atoms. The predicted molar refractivity (Wildman–Crippen MR) is 99.7 cm³/mol. The normalized spacial score (nSPS) is 14.8. The second-order valence-electron chi connectivity index (χ2n) is 6.50. The van der Waals surface area contributed by atoms with Crippen LogP contribution in [0.3, 0.4) is 0 Å². The highest BCUT2D eigenvalue weighted by Crippen LogP contribution is 2.26. The first-order valence-electron chi connectivity index (χ1n) is 8.76. The molecule has 1 amide bonds. The number of halogens is 2. The Bertz CT molecular complexity index is 989. The summed E-state index contributed by atoms with van der Waals surface area (Å²) in [4.78, 5) is 12.1. The fourth-order valence-electron chi connectivity index (χ4n) is 2.94. The number of anilines is 1. The molecule has 9 heteroatoms. The molecule has 0 unspecified atom stereocenters. The van der Waals surface area contributed by atoms with Crippen LogP contribution in [0.15, 0.2) is 41.3 Å². The van der Waals surface area contributed by atoms with Gasteiger partial charge < -0.3 is 10.1 Å². The highest BCUT2D eigenvalue weighted by atomic mass is 32.2. The summed E-state index contributed by atoms with van der Waals surface area (Å²) in [5.41, 5.74) is 0.678. The minimum atomic E-state index is -3.53. The van der Waals surface area contributed by atoms with E-state index >= 15 is 0 Å². The van der Waals surface area contributed by atoms with E-state index in [0.717, 1.165) is 25.0 Å². The van der Waals surface area contributed by atoms with Crippen molar-refractivity contribution < 1.29 is 26.7 Å². The van der Waals surface area contributed by atoms with Crippen LogP contribution in [0.5, 0.6) is 5.75 Å². The Morgan fingerprint density at radius 3 is 2.46 bits per heavy atom. The molecule has 0 atom stereocenters. The van der Waals surface area contributed by atoms with Gasteiger partial charge in [0, 0.05) is 24.8 Å². The van der Waals surface area contributed by atoms with Gasteiger partial charge in [-0.05, 0) is 55.7 Å². The first kappa shape index (κ1) is 20.2. The number of hydrogen-bond acceptors (Lipinski definition) is 4. The van der Waals surface area contributed by atoms with Crippen LogP contribution in [0.4, 0.5) is 14.5 Å². The minimum Gasteiger partial charge on any atom is -0.483 e. The quantitative estimate of drug-likeness (QED) is 0.794. The smallest absolute Gasteiger partial charge is 0.262 e. The molecule has 6 nitrogen and oxygen atoms in total. The van der Waals surface area contributed by atoms with E-state index in [0.29, 0.717) is 24.4 Å². The van der Waals surface area contributed by atoms with Crippen molar-refractivity contribution in [2.24, 2.45) is 0 Å². The molecule has 1 fully saturated rings. The number of hydrogen-bond donors (Lipinski definition) is 1. The van der Waals surface area contributed by atoms with Gasteiger partial charge in [0.2, 0.25) is 10.0 Å². The van der Waals surface area contributed by atoms with Gasteiger partial charge in [0.1, 0.15) is 5.75 Å². The molecule has 1 saturated heterocycles. The van der Waals surface area contributed by atoms with Crippen LogP contribution in [0, 0.1) is 18.6 Å². The van der Waals surface area contributed by atoms with E-state index in [1.165, 1.54) is 28.6 Å². The Morgan fingerprint density at radius 1 is 1.11 bits per heavy atom. The highest BCUT2D eigenvalue weighted by molar-refractivity contribution is 7.89. The highest BCUT2D eigenvalue weighted by Gasteiger charge is 2.27. The average Bonchev–Trinajstić information content (AvgIpc) is 3.19. The Balaban J connectivity index is 1.63. The lowest BCUT2D eigenvalue weighted by molar-refractivity contribution is -0.118. The molecule has 0 aliphatic carbocycles. The molecule has 0 saturated carbocycles. The monoisotopic (exact) mass is 410 g/mol. The summed E-state index contributed by atoms with van der Waals surface area (Å²) in [5, 5.41) is 2.40. The summed E-state index contributed by atoms with van der Waals surface area (Å²) in [6.45, 7) is 2.36. The maximum Gasteiger partial charge on any atom is 0.262 e. The number of benzene rings is 2. The molecular weight excluding hydrogens is 390 g/mol. The van der Waals surface area contributed by atoms with E-state index in [2.05, 4.69) is 5.32 Å². The van der Waals surface area contributed by atoms with Gasteiger partial charge in [-0.2, -0.15) is 4.31 Å². The molecule has 28 heavy (non-hydrogen) atoms. The number of amides is 1. The maximum absolute atomic E-state index is 13.2. The molecule has 0 radical (unpaired) electrons. The Labute approximate surface area is 162 Å². The van der Waals surface area contributed by atoms with E-state index in [1.807, 2.05) is 0 Å². The van der Waals surface area contributed by atoms with Gasteiger partial charge in [0.25, 0.3) is 5.91 Å². The van der Waals surface area contributed by atoms with Crippen molar-refractivity contribution in [3.8, 4) is 5.75 Å². The Morgan fingerprint density at radius 2 is 1.82 bits per heavy atom. The second kappa shape index (κ2) is 8.24. The van der Waals surface area contributed by atoms with Crippen LogP contribution >= 0.6 is 0 Å². The largest absolute Gasteiger partial charge is 0.483 e. The fourth-order valence-corrected chi connectivity index (χ4v) is 4.54. The van der Waals surface area contributed by atoms with Crippen molar-refractivity contribution in [1.82, 2.24) is 4.31 Å². The van der Waals surface area contributed by atoms with Gasteiger partial charge in [-0.15, -0.1) is 0 Å². The zero-order chi connectivity index (χ0) is 20.3. The summed E-state index contributed by atoms with van der Waals surface area (Å²) in [6, 6.07) is 7.48. The zero-order valence-corrected chi connectivity index (χ0v) is 16.1. The van der Waals surface area contributed by atoms with Gasteiger partial charge in [-0.25, -0.2) is 17.2 Å². The third-order valence-electron chi connectivity index (χ3n) is 4.41. The predicted octanol–water partition coefficient (Wildman–Crippen LogP) is 3.08. The number of ether oxygens (including phenoxy) is 1. The van der Waals surface area contributed by atoms with Gasteiger partial charge in [0.05, 0.1) is 4.90 Å². The van der Waals surface area contributed by atoms with Crippen molar-refractivity contribution in [3.63, 3.8) is 0 Å². The Hall–Kier alpha value is -2.52. The number of carbonyl (C=O) groups excluding carboxylic acids is 1. The number of nitrogens with zero attached hydrogens (tertiary/aromatic N) is 1. The van der Waals surface area contributed by atoms with Gasteiger partial charge >= 0.3 is 0 Å². The van der Waals surface area contributed by atoms with Crippen molar-refractivity contribution in [2.75, 3.05) is 25.0 Å². The third kappa shape index (κ3) is 4.48. The molecule has 150 valence electrons. The molecule has 3 rings (SSSR count). The molecule has 1 aliphatic heterocycles.